The molecule has 0 heterocycles. The van der Waals surface area contributed by atoms with Crippen LogP contribution < -0.4 is 4.72 Å². The van der Waals surface area contributed by atoms with Crippen molar-refractivity contribution in [1.82, 2.24) is 4.72 Å². The largest absolute Gasteiger partial charge is 0.391 e. The second-order valence-electron chi connectivity index (χ2n) is 4.91. The standard InChI is InChI=1S/C12H19NO5S2/c1-9(2)12(14)8-13-20(17,18)11-6-4-10(5-7-11)19(3,15)16/h4-7,9,12-14H,8H2,1-3H3. The minimum Gasteiger partial charge on any atom is -0.391 e. The molecule has 114 valence electrons. The summed E-state index contributed by atoms with van der Waals surface area (Å²) in [5, 5.41) is 9.58. The van der Waals surface area contributed by atoms with Gasteiger partial charge in [0.05, 0.1) is 15.9 Å². The van der Waals surface area contributed by atoms with Crippen LogP contribution >= 0.6 is 0 Å². The summed E-state index contributed by atoms with van der Waals surface area (Å²) in [7, 11) is -7.11. The molecule has 1 aromatic carbocycles. The predicted molar refractivity (Wildman–Crippen MR) is 75.6 cm³/mol. The molecular weight excluding hydrogens is 302 g/mol. The summed E-state index contributed by atoms with van der Waals surface area (Å²) in [6, 6.07) is 4.92. The molecule has 0 saturated heterocycles. The van der Waals surface area contributed by atoms with Gasteiger partial charge in [-0.15, -0.1) is 0 Å². The third-order valence-corrected chi connectivity index (χ3v) is 5.38. The SMILES string of the molecule is CC(C)C(O)CNS(=O)(=O)c1ccc(S(C)(=O)=O)cc1. The summed E-state index contributed by atoms with van der Waals surface area (Å²) in [6.07, 6.45) is 0.272. The molecule has 1 aromatic rings. The number of sulfonamides is 1. The molecule has 8 heteroatoms. The highest BCUT2D eigenvalue weighted by Crippen LogP contribution is 2.14. The number of hydrogen-bond donors (Lipinski definition) is 2. The third-order valence-electron chi connectivity index (χ3n) is 2.81. The van der Waals surface area contributed by atoms with Gasteiger partial charge in [0.1, 0.15) is 0 Å². The fourth-order valence-electron chi connectivity index (χ4n) is 1.38. The number of hydrogen-bond acceptors (Lipinski definition) is 5. The Balaban J connectivity index is 2.89. The zero-order valence-electron chi connectivity index (χ0n) is 11.6. The van der Waals surface area contributed by atoms with Crippen molar-refractivity contribution in [2.24, 2.45) is 5.92 Å². The van der Waals surface area contributed by atoms with Gasteiger partial charge in [-0.3, -0.25) is 0 Å². The average Bonchev–Trinajstić information content (AvgIpc) is 2.35. The van der Waals surface area contributed by atoms with E-state index in [0.29, 0.717) is 0 Å². The van der Waals surface area contributed by atoms with E-state index in [2.05, 4.69) is 4.72 Å². The van der Waals surface area contributed by atoms with Crippen LogP contribution in [0.25, 0.3) is 0 Å². The third kappa shape index (κ3) is 4.55. The molecule has 2 N–H and O–H groups in total. The zero-order chi connectivity index (χ0) is 15.6. The van der Waals surface area contributed by atoms with Gasteiger partial charge in [0, 0.05) is 12.8 Å². The van der Waals surface area contributed by atoms with Gasteiger partial charge in [-0.1, -0.05) is 13.8 Å². The first-order valence-electron chi connectivity index (χ1n) is 6.02. The topological polar surface area (TPSA) is 101 Å². The van der Waals surface area contributed by atoms with E-state index in [0.717, 1.165) is 6.26 Å². The molecule has 0 aliphatic carbocycles. The van der Waals surface area contributed by atoms with Crippen molar-refractivity contribution in [2.45, 2.75) is 29.7 Å². The van der Waals surface area contributed by atoms with E-state index in [1.807, 2.05) is 0 Å². The first kappa shape index (κ1) is 17.1. The molecule has 0 amide bonds. The smallest absolute Gasteiger partial charge is 0.240 e. The maximum Gasteiger partial charge on any atom is 0.240 e. The lowest BCUT2D eigenvalue weighted by Crippen LogP contribution is -2.34. The van der Waals surface area contributed by atoms with Crippen molar-refractivity contribution >= 4 is 19.9 Å². The van der Waals surface area contributed by atoms with E-state index in [4.69, 9.17) is 0 Å². The van der Waals surface area contributed by atoms with Crippen LogP contribution in [0.1, 0.15) is 13.8 Å². The first-order chi connectivity index (χ1) is 9.04. The summed E-state index contributed by atoms with van der Waals surface area (Å²) in [5.74, 6) is -0.0645. The van der Waals surface area contributed by atoms with Crippen LogP contribution in [0.15, 0.2) is 34.1 Å². The Hall–Kier alpha value is -0.960. The fourth-order valence-corrected chi connectivity index (χ4v) is 3.06. The van der Waals surface area contributed by atoms with Gasteiger partial charge >= 0.3 is 0 Å². The van der Waals surface area contributed by atoms with Crippen LogP contribution in [0.5, 0.6) is 0 Å². The van der Waals surface area contributed by atoms with Crippen LogP contribution in [0.3, 0.4) is 0 Å². The Labute approximate surface area is 119 Å². The monoisotopic (exact) mass is 321 g/mol. The minimum atomic E-state index is -3.76. The second-order valence-corrected chi connectivity index (χ2v) is 8.69. The Morgan fingerprint density at radius 3 is 1.90 bits per heavy atom. The van der Waals surface area contributed by atoms with Crippen molar-refractivity contribution in [3.8, 4) is 0 Å². The highest BCUT2D eigenvalue weighted by molar-refractivity contribution is 7.90. The van der Waals surface area contributed by atoms with Gasteiger partial charge < -0.3 is 5.11 Å². The number of benzene rings is 1. The molecule has 0 aliphatic heterocycles. The Kier molecular flexibility index (Phi) is 5.31. The highest BCUT2D eigenvalue weighted by Gasteiger charge is 2.18. The second kappa shape index (κ2) is 6.21. The first-order valence-corrected chi connectivity index (χ1v) is 9.39. The van der Waals surface area contributed by atoms with Crippen molar-refractivity contribution in [3.05, 3.63) is 24.3 Å². The molecule has 6 nitrogen and oxygen atoms in total. The van der Waals surface area contributed by atoms with Crippen LogP contribution in [0, 0.1) is 5.92 Å². The molecule has 0 saturated carbocycles. The molecule has 1 rings (SSSR count). The van der Waals surface area contributed by atoms with Crippen molar-refractivity contribution in [3.63, 3.8) is 0 Å². The van der Waals surface area contributed by atoms with Crippen LogP contribution in [-0.4, -0.2) is 40.8 Å². The van der Waals surface area contributed by atoms with Crippen LogP contribution in [0.2, 0.25) is 0 Å². The molecule has 1 unspecified atom stereocenters. The van der Waals surface area contributed by atoms with E-state index >= 15 is 0 Å². The maximum absolute atomic E-state index is 11.9. The van der Waals surface area contributed by atoms with Crippen LogP contribution in [0.4, 0.5) is 0 Å². The van der Waals surface area contributed by atoms with Crippen molar-refractivity contribution < 1.29 is 21.9 Å². The van der Waals surface area contributed by atoms with Gasteiger partial charge in [-0.05, 0) is 30.2 Å². The van der Waals surface area contributed by atoms with Crippen LogP contribution in [-0.2, 0) is 19.9 Å². The minimum absolute atomic E-state index is 0.0409. The van der Waals surface area contributed by atoms with E-state index in [1.54, 1.807) is 13.8 Å². The molecular formula is C12H19NO5S2. The maximum atomic E-state index is 11.9. The van der Waals surface area contributed by atoms with E-state index in [1.165, 1.54) is 24.3 Å². The lowest BCUT2D eigenvalue weighted by Gasteiger charge is -2.15. The Morgan fingerprint density at radius 1 is 1.05 bits per heavy atom. The normalized spacial score (nSPS) is 14.4. The lowest BCUT2D eigenvalue weighted by molar-refractivity contribution is 0.129. The molecule has 0 aromatic heterocycles. The van der Waals surface area contributed by atoms with Gasteiger partial charge in [-0.25, -0.2) is 21.6 Å². The van der Waals surface area contributed by atoms with Crippen molar-refractivity contribution in [1.29, 1.82) is 0 Å². The van der Waals surface area contributed by atoms with Gasteiger partial charge in [0.25, 0.3) is 0 Å². The number of aliphatic hydroxyl groups is 1. The van der Waals surface area contributed by atoms with Crippen molar-refractivity contribution in [2.75, 3.05) is 12.8 Å². The summed E-state index contributed by atoms with van der Waals surface area (Å²) in [6.45, 7) is 3.47. The van der Waals surface area contributed by atoms with Gasteiger partial charge in [0.2, 0.25) is 10.0 Å². The summed E-state index contributed by atoms with van der Waals surface area (Å²) in [5.41, 5.74) is 0. The Morgan fingerprint density at radius 2 is 1.50 bits per heavy atom. The lowest BCUT2D eigenvalue weighted by atomic mass is 10.1. The molecule has 0 aliphatic rings. The summed E-state index contributed by atoms with van der Waals surface area (Å²) >= 11 is 0. The van der Waals surface area contributed by atoms with Gasteiger partial charge in [-0.2, -0.15) is 0 Å². The zero-order valence-corrected chi connectivity index (χ0v) is 13.2. The van der Waals surface area contributed by atoms with E-state index < -0.39 is 26.0 Å². The van der Waals surface area contributed by atoms with E-state index in [-0.39, 0.29) is 22.3 Å². The number of aliphatic hydroxyl groups excluding tert-OH is 1. The highest BCUT2D eigenvalue weighted by atomic mass is 32.2. The summed E-state index contributed by atoms with van der Waals surface area (Å²) < 4.78 is 48.8. The Bertz CT molecular complexity index is 648. The molecule has 0 radical (unpaired) electrons. The van der Waals surface area contributed by atoms with Gasteiger partial charge in [0.15, 0.2) is 9.84 Å². The molecule has 1 atom stereocenters. The summed E-state index contributed by atoms with van der Waals surface area (Å²) in [4.78, 5) is 0.0134. The average molecular weight is 321 g/mol. The number of nitrogens with one attached hydrogen (secondary N) is 1. The predicted octanol–water partition coefficient (Wildman–Crippen LogP) is 0.385. The molecule has 20 heavy (non-hydrogen) atoms. The number of rotatable bonds is 6. The quantitative estimate of drug-likeness (QED) is 0.789. The number of sulfone groups is 1. The fraction of sp³-hybridized carbons (Fsp3) is 0.500. The molecule has 0 fully saturated rings. The van der Waals surface area contributed by atoms with E-state index in [9.17, 15) is 21.9 Å². The molecule has 0 bridgehead atoms. The molecule has 0 spiro atoms.